The number of urea groups is 1. The van der Waals surface area contributed by atoms with Crippen molar-refractivity contribution in [2.75, 3.05) is 26.2 Å². The van der Waals surface area contributed by atoms with Gasteiger partial charge in [0, 0.05) is 25.6 Å². The number of piperidine rings is 1. The van der Waals surface area contributed by atoms with E-state index >= 15 is 0 Å². The molecule has 0 aromatic rings. The minimum Gasteiger partial charge on any atom is -0.356 e. The molecule has 1 saturated heterocycles. The van der Waals surface area contributed by atoms with E-state index in [-0.39, 0.29) is 11.9 Å². The van der Waals surface area contributed by atoms with Gasteiger partial charge in [-0.05, 0) is 51.1 Å². The van der Waals surface area contributed by atoms with Crippen molar-refractivity contribution in [1.82, 2.24) is 21.3 Å². The molecule has 0 radical (unpaired) electrons. The molecule has 1 unspecified atom stereocenters. The SMILES string of the molecule is O=C(CCCNC(=O)NC1CCCCC1)NCC1CCCNC1. The summed E-state index contributed by atoms with van der Waals surface area (Å²) in [6, 6.07) is 0.238. The smallest absolute Gasteiger partial charge is 0.315 e. The molecule has 1 aliphatic carbocycles. The minimum absolute atomic E-state index is 0.0880. The summed E-state index contributed by atoms with van der Waals surface area (Å²) < 4.78 is 0. The topological polar surface area (TPSA) is 82.3 Å². The summed E-state index contributed by atoms with van der Waals surface area (Å²) in [6.07, 6.45) is 9.43. The summed E-state index contributed by atoms with van der Waals surface area (Å²) >= 11 is 0. The molecule has 1 aliphatic heterocycles. The summed E-state index contributed by atoms with van der Waals surface area (Å²) in [5, 5.41) is 12.2. The number of carbonyl (C=O) groups excluding carboxylic acids is 2. The Labute approximate surface area is 139 Å². The standard InChI is InChI=1S/C17H32N4O2/c22-16(20-13-14-6-4-10-18-12-14)9-5-11-19-17(23)21-15-7-2-1-3-8-15/h14-15,18H,1-13H2,(H,20,22)(H2,19,21,23). The Kier molecular flexibility index (Phi) is 8.21. The fourth-order valence-corrected chi connectivity index (χ4v) is 3.38. The Hall–Kier alpha value is -1.30. The quantitative estimate of drug-likeness (QED) is 0.536. The van der Waals surface area contributed by atoms with E-state index in [1.807, 2.05) is 0 Å². The number of hydrogen-bond acceptors (Lipinski definition) is 3. The van der Waals surface area contributed by atoms with Gasteiger partial charge in [-0.15, -0.1) is 0 Å². The highest BCUT2D eigenvalue weighted by Gasteiger charge is 2.15. The van der Waals surface area contributed by atoms with Crippen LogP contribution in [0.4, 0.5) is 4.79 Å². The molecule has 1 saturated carbocycles. The molecular weight excluding hydrogens is 292 g/mol. The first kappa shape index (κ1) is 18.0. The van der Waals surface area contributed by atoms with Crippen molar-refractivity contribution in [3.8, 4) is 0 Å². The second kappa shape index (κ2) is 10.5. The summed E-state index contributed by atoms with van der Waals surface area (Å²) in [5.41, 5.74) is 0. The lowest BCUT2D eigenvalue weighted by Gasteiger charge is -2.23. The first-order valence-electron chi connectivity index (χ1n) is 9.26. The monoisotopic (exact) mass is 324 g/mol. The highest BCUT2D eigenvalue weighted by molar-refractivity contribution is 5.76. The Morgan fingerprint density at radius 3 is 2.57 bits per heavy atom. The van der Waals surface area contributed by atoms with Crippen molar-refractivity contribution >= 4 is 11.9 Å². The fourth-order valence-electron chi connectivity index (χ4n) is 3.38. The highest BCUT2D eigenvalue weighted by atomic mass is 16.2. The first-order chi connectivity index (χ1) is 11.2. The van der Waals surface area contributed by atoms with Crippen LogP contribution in [-0.2, 0) is 4.79 Å². The van der Waals surface area contributed by atoms with Gasteiger partial charge in [-0.3, -0.25) is 4.79 Å². The number of carbonyl (C=O) groups is 2. The predicted octanol–water partition coefficient (Wildman–Crippen LogP) is 1.51. The van der Waals surface area contributed by atoms with Gasteiger partial charge in [0.2, 0.25) is 5.91 Å². The van der Waals surface area contributed by atoms with Crippen LogP contribution in [0.5, 0.6) is 0 Å². The average Bonchev–Trinajstić information content (AvgIpc) is 2.59. The van der Waals surface area contributed by atoms with Gasteiger partial charge in [-0.1, -0.05) is 19.3 Å². The number of hydrogen-bond donors (Lipinski definition) is 4. The molecule has 0 aromatic heterocycles. The van der Waals surface area contributed by atoms with Crippen molar-refractivity contribution in [1.29, 1.82) is 0 Å². The molecule has 23 heavy (non-hydrogen) atoms. The highest BCUT2D eigenvalue weighted by Crippen LogP contribution is 2.17. The molecule has 6 nitrogen and oxygen atoms in total. The molecule has 2 rings (SSSR count). The van der Waals surface area contributed by atoms with Crippen LogP contribution < -0.4 is 21.3 Å². The van der Waals surface area contributed by atoms with Crippen LogP contribution in [0, 0.1) is 5.92 Å². The van der Waals surface area contributed by atoms with Gasteiger partial charge in [0.15, 0.2) is 0 Å². The zero-order valence-electron chi connectivity index (χ0n) is 14.2. The molecule has 0 bridgehead atoms. The van der Waals surface area contributed by atoms with Crippen molar-refractivity contribution in [3.05, 3.63) is 0 Å². The van der Waals surface area contributed by atoms with Crippen LogP contribution in [0.15, 0.2) is 0 Å². The Morgan fingerprint density at radius 2 is 1.83 bits per heavy atom. The molecule has 4 N–H and O–H groups in total. The van der Waals surface area contributed by atoms with Crippen molar-refractivity contribution in [2.24, 2.45) is 5.92 Å². The normalized spacial score (nSPS) is 22.3. The summed E-state index contributed by atoms with van der Waals surface area (Å²) in [5.74, 6) is 0.650. The van der Waals surface area contributed by atoms with Gasteiger partial charge < -0.3 is 21.3 Å². The van der Waals surface area contributed by atoms with Crippen LogP contribution in [-0.4, -0.2) is 44.2 Å². The number of amides is 3. The molecule has 1 atom stereocenters. The summed E-state index contributed by atoms with van der Waals surface area (Å²) in [6.45, 7) is 3.42. The summed E-state index contributed by atoms with van der Waals surface area (Å²) in [7, 11) is 0. The van der Waals surface area contributed by atoms with Crippen molar-refractivity contribution < 1.29 is 9.59 Å². The van der Waals surface area contributed by atoms with E-state index in [1.54, 1.807) is 0 Å². The molecule has 0 spiro atoms. The lowest BCUT2D eigenvalue weighted by atomic mass is 9.96. The van der Waals surface area contributed by atoms with Crippen molar-refractivity contribution in [3.63, 3.8) is 0 Å². The fraction of sp³-hybridized carbons (Fsp3) is 0.882. The van der Waals surface area contributed by atoms with E-state index in [1.165, 1.54) is 32.1 Å². The van der Waals surface area contributed by atoms with Gasteiger partial charge in [-0.25, -0.2) is 4.79 Å². The molecule has 2 aliphatic rings. The minimum atomic E-state index is -0.0920. The maximum atomic E-state index is 11.8. The molecular formula is C17H32N4O2. The van der Waals surface area contributed by atoms with Gasteiger partial charge in [-0.2, -0.15) is 0 Å². The van der Waals surface area contributed by atoms with E-state index in [2.05, 4.69) is 21.3 Å². The zero-order chi connectivity index (χ0) is 16.3. The van der Waals surface area contributed by atoms with Crippen LogP contribution in [0.3, 0.4) is 0 Å². The maximum absolute atomic E-state index is 11.8. The molecule has 1 heterocycles. The average molecular weight is 324 g/mol. The van der Waals surface area contributed by atoms with Gasteiger partial charge >= 0.3 is 6.03 Å². The van der Waals surface area contributed by atoms with E-state index in [4.69, 9.17) is 0 Å². The van der Waals surface area contributed by atoms with Crippen LogP contribution >= 0.6 is 0 Å². The maximum Gasteiger partial charge on any atom is 0.315 e. The van der Waals surface area contributed by atoms with E-state index in [9.17, 15) is 9.59 Å². The Balaban J connectivity index is 1.45. The lowest BCUT2D eigenvalue weighted by molar-refractivity contribution is -0.121. The molecule has 0 aromatic carbocycles. The van der Waals surface area contributed by atoms with Gasteiger partial charge in [0.05, 0.1) is 0 Å². The predicted molar refractivity (Wildman–Crippen MR) is 91.2 cm³/mol. The third-order valence-electron chi connectivity index (χ3n) is 4.79. The largest absolute Gasteiger partial charge is 0.356 e. The Morgan fingerprint density at radius 1 is 1.00 bits per heavy atom. The third-order valence-corrected chi connectivity index (χ3v) is 4.79. The number of nitrogens with one attached hydrogen (secondary N) is 4. The van der Waals surface area contributed by atoms with E-state index in [0.717, 1.165) is 32.5 Å². The third kappa shape index (κ3) is 7.68. The van der Waals surface area contributed by atoms with Gasteiger partial charge in [0.1, 0.15) is 0 Å². The number of rotatable bonds is 7. The second-order valence-corrected chi connectivity index (χ2v) is 6.86. The zero-order valence-corrected chi connectivity index (χ0v) is 14.2. The molecule has 6 heteroatoms. The Bertz CT molecular complexity index is 364. The van der Waals surface area contributed by atoms with Crippen LogP contribution in [0.25, 0.3) is 0 Å². The first-order valence-corrected chi connectivity index (χ1v) is 9.26. The van der Waals surface area contributed by atoms with Crippen LogP contribution in [0.2, 0.25) is 0 Å². The molecule has 2 fully saturated rings. The second-order valence-electron chi connectivity index (χ2n) is 6.86. The molecule has 3 amide bonds. The lowest BCUT2D eigenvalue weighted by Crippen LogP contribution is -2.43. The molecule has 132 valence electrons. The van der Waals surface area contributed by atoms with E-state index < -0.39 is 0 Å². The van der Waals surface area contributed by atoms with Crippen molar-refractivity contribution in [2.45, 2.75) is 63.8 Å². The van der Waals surface area contributed by atoms with E-state index in [0.29, 0.717) is 31.3 Å². The summed E-state index contributed by atoms with van der Waals surface area (Å²) in [4.78, 5) is 23.5. The van der Waals surface area contributed by atoms with Crippen LogP contribution in [0.1, 0.15) is 57.8 Å². The van der Waals surface area contributed by atoms with Gasteiger partial charge in [0.25, 0.3) is 0 Å².